The minimum Gasteiger partial charge on any atom is -0.458 e. The smallest absolute Gasteiger partial charge is 0.338 e. The molecule has 4 rings (SSSR count). The van der Waals surface area contributed by atoms with Crippen LogP contribution in [0.25, 0.3) is 0 Å². The topological polar surface area (TPSA) is 61.8 Å². The van der Waals surface area contributed by atoms with Crippen LogP contribution < -0.4 is 0 Å². The predicted molar refractivity (Wildman–Crippen MR) is 118 cm³/mol. The summed E-state index contributed by atoms with van der Waals surface area (Å²) in [6.07, 6.45) is 6.93. The van der Waals surface area contributed by atoms with Gasteiger partial charge in [0.2, 0.25) is 0 Å². The third-order valence-corrected chi connectivity index (χ3v) is 7.51. The van der Waals surface area contributed by atoms with E-state index in [1.807, 2.05) is 18.2 Å². The van der Waals surface area contributed by atoms with Crippen molar-refractivity contribution in [1.82, 2.24) is 0 Å². The largest absolute Gasteiger partial charge is 0.458 e. The molecule has 170 valence electrons. The molecule has 2 saturated carbocycles. The Hall–Kier alpha value is -1.72. The van der Waals surface area contributed by atoms with Gasteiger partial charge in [-0.05, 0) is 42.7 Å². The predicted octanol–water partition coefficient (Wildman–Crippen LogP) is 5.18. The van der Waals surface area contributed by atoms with Gasteiger partial charge in [-0.2, -0.15) is 0 Å². The van der Waals surface area contributed by atoms with Gasteiger partial charge in [0.1, 0.15) is 11.9 Å². The number of unbranched alkanes of at least 4 members (excludes halogenated alkanes) is 1. The van der Waals surface area contributed by atoms with Crippen LogP contribution in [0.1, 0.15) is 75.6 Å². The van der Waals surface area contributed by atoms with Crippen LogP contribution in [0.4, 0.5) is 0 Å². The molecule has 5 nitrogen and oxygen atoms in total. The molecule has 0 bridgehead atoms. The number of Topliss-reactive ketones (excluding diaryl/α,β-unsaturated/α-hetero) is 1. The van der Waals surface area contributed by atoms with E-state index in [9.17, 15) is 9.59 Å². The zero-order valence-electron chi connectivity index (χ0n) is 18.9. The van der Waals surface area contributed by atoms with E-state index >= 15 is 0 Å². The van der Waals surface area contributed by atoms with Gasteiger partial charge in [-0.25, -0.2) is 4.79 Å². The van der Waals surface area contributed by atoms with Gasteiger partial charge in [0, 0.05) is 19.3 Å². The molecule has 3 fully saturated rings. The third kappa shape index (κ3) is 5.04. The monoisotopic (exact) mass is 428 g/mol. The van der Waals surface area contributed by atoms with Crippen LogP contribution in [0.5, 0.6) is 0 Å². The summed E-state index contributed by atoms with van der Waals surface area (Å²) in [5.41, 5.74) is 0.540. The Morgan fingerprint density at radius 3 is 2.58 bits per heavy atom. The molecule has 0 amide bonds. The second-order valence-electron chi connectivity index (χ2n) is 9.76. The first-order chi connectivity index (χ1) is 15.0. The normalized spacial score (nSPS) is 29.7. The summed E-state index contributed by atoms with van der Waals surface area (Å²) in [7, 11) is 0. The number of hydrogen-bond acceptors (Lipinski definition) is 5. The summed E-state index contributed by atoms with van der Waals surface area (Å²) >= 11 is 0. The van der Waals surface area contributed by atoms with E-state index in [4.69, 9.17) is 14.2 Å². The number of hydrogen-bond donors (Lipinski definition) is 0. The van der Waals surface area contributed by atoms with Crippen LogP contribution in [0.2, 0.25) is 0 Å². The van der Waals surface area contributed by atoms with Gasteiger partial charge in [0.15, 0.2) is 5.79 Å². The third-order valence-electron chi connectivity index (χ3n) is 7.51. The van der Waals surface area contributed by atoms with Crippen molar-refractivity contribution in [2.45, 2.75) is 77.1 Å². The van der Waals surface area contributed by atoms with Crippen LogP contribution >= 0.6 is 0 Å². The first-order valence-electron chi connectivity index (χ1n) is 12.1. The average molecular weight is 429 g/mol. The van der Waals surface area contributed by atoms with Gasteiger partial charge in [0.25, 0.3) is 0 Å². The van der Waals surface area contributed by atoms with Gasteiger partial charge in [-0.1, -0.05) is 51.3 Å². The highest BCUT2D eigenvalue weighted by molar-refractivity contribution is 5.90. The fourth-order valence-electron chi connectivity index (χ4n) is 5.89. The molecule has 1 aromatic rings. The summed E-state index contributed by atoms with van der Waals surface area (Å²) in [5.74, 6) is 0.172. The van der Waals surface area contributed by atoms with Crippen molar-refractivity contribution in [1.29, 1.82) is 0 Å². The molecule has 1 aliphatic heterocycles. The molecule has 0 aromatic heterocycles. The summed E-state index contributed by atoms with van der Waals surface area (Å²) in [4.78, 5) is 26.2. The highest BCUT2D eigenvalue weighted by Crippen LogP contribution is 2.55. The van der Waals surface area contributed by atoms with Crippen molar-refractivity contribution in [2.24, 2.45) is 23.7 Å². The van der Waals surface area contributed by atoms with Crippen molar-refractivity contribution in [3.63, 3.8) is 0 Å². The molecule has 1 spiro atoms. The summed E-state index contributed by atoms with van der Waals surface area (Å²) in [6.45, 7) is 5.68. The van der Waals surface area contributed by atoms with Crippen molar-refractivity contribution in [3.05, 3.63) is 35.9 Å². The number of fused-ring (bicyclic) bond motifs is 1. The summed E-state index contributed by atoms with van der Waals surface area (Å²) in [6, 6.07) is 9.07. The number of ether oxygens (including phenoxy) is 3. The van der Waals surface area contributed by atoms with E-state index in [0.717, 1.165) is 32.1 Å². The van der Waals surface area contributed by atoms with Crippen molar-refractivity contribution < 1.29 is 23.8 Å². The maximum atomic E-state index is 13.4. The number of ketones is 1. The molecular formula is C26H36O5. The lowest BCUT2D eigenvalue weighted by Crippen LogP contribution is -2.35. The Kier molecular flexibility index (Phi) is 7.12. The Morgan fingerprint density at radius 2 is 1.87 bits per heavy atom. The lowest BCUT2D eigenvalue weighted by atomic mass is 9.84. The van der Waals surface area contributed by atoms with Crippen molar-refractivity contribution >= 4 is 11.8 Å². The van der Waals surface area contributed by atoms with E-state index in [-0.39, 0.29) is 29.7 Å². The number of benzene rings is 1. The molecule has 1 unspecified atom stereocenters. The number of carbonyl (C=O) groups is 2. The van der Waals surface area contributed by atoms with Gasteiger partial charge in [-0.15, -0.1) is 0 Å². The quantitative estimate of drug-likeness (QED) is 0.507. The van der Waals surface area contributed by atoms with E-state index in [1.54, 1.807) is 12.1 Å². The lowest BCUT2D eigenvalue weighted by molar-refractivity contribution is -0.159. The number of esters is 1. The zero-order valence-corrected chi connectivity index (χ0v) is 18.9. The van der Waals surface area contributed by atoms with Gasteiger partial charge < -0.3 is 14.2 Å². The van der Waals surface area contributed by atoms with Crippen LogP contribution in [-0.2, 0) is 19.0 Å². The molecule has 1 heterocycles. The first-order valence-corrected chi connectivity index (χ1v) is 12.1. The molecule has 5 atom stereocenters. The van der Waals surface area contributed by atoms with Crippen LogP contribution in [0, 0.1) is 23.7 Å². The fourth-order valence-corrected chi connectivity index (χ4v) is 5.89. The van der Waals surface area contributed by atoms with Crippen LogP contribution in [0.15, 0.2) is 30.3 Å². The standard InChI is InChI=1S/C26H36O5/c1-3-4-8-18(2)11-12-22(27)24-21-17-26(29-13-14-30-26)16-20(21)15-23(24)31-25(28)19-9-6-5-7-10-19/h5-7,9-10,18,20-21,23-24H,3-4,8,11-17H2,1-2H3/t18?,20-,21+,23-,24+/m1/s1. The van der Waals surface area contributed by atoms with E-state index in [2.05, 4.69) is 13.8 Å². The minimum atomic E-state index is -0.517. The van der Waals surface area contributed by atoms with Crippen LogP contribution in [-0.4, -0.2) is 36.9 Å². The van der Waals surface area contributed by atoms with E-state index in [1.165, 1.54) is 12.8 Å². The lowest BCUT2D eigenvalue weighted by Gasteiger charge is -2.27. The second kappa shape index (κ2) is 9.83. The van der Waals surface area contributed by atoms with Gasteiger partial charge >= 0.3 is 5.97 Å². The Morgan fingerprint density at radius 1 is 1.13 bits per heavy atom. The molecular weight excluding hydrogens is 392 g/mol. The number of rotatable bonds is 9. The molecule has 1 saturated heterocycles. The highest BCUT2D eigenvalue weighted by atomic mass is 16.7. The van der Waals surface area contributed by atoms with E-state index < -0.39 is 5.79 Å². The Labute approximate surface area is 185 Å². The zero-order chi connectivity index (χ0) is 21.8. The SMILES string of the molecule is CCCCC(C)CCC(=O)[C@@H]1[C@H]2CC3(C[C@H]2C[C@H]1OC(=O)c1ccccc1)OCCO3. The summed E-state index contributed by atoms with van der Waals surface area (Å²) < 4.78 is 17.9. The maximum Gasteiger partial charge on any atom is 0.338 e. The van der Waals surface area contributed by atoms with Crippen molar-refractivity contribution in [3.8, 4) is 0 Å². The Balaban J connectivity index is 1.45. The van der Waals surface area contributed by atoms with E-state index in [0.29, 0.717) is 37.0 Å². The molecule has 0 radical (unpaired) electrons. The van der Waals surface area contributed by atoms with Crippen LogP contribution in [0.3, 0.4) is 0 Å². The average Bonchev–Trinajstić information content (AvgIpc) is 3.46. The first kappa shape index (κ1) is 22.5. The molecule has 5 heteroatoms. The second-order valence-corrected chi connectivity index (χ2v) is 9.76. The van der Waals surface area contributed by atoms with Gasteiger partial charge in [-0.3, -0.25) is 4.79 Å². The fraction of sp³-hybridized carbons (Fsp3) is 0.692. The molecule has 3 aliphatic rings. The minimum absolute atomic E-state index is 0.171. The molecule has 31 heavy (non-hydrogen) atoms. The molecule has 0 N–H and O–H groups in total. The Bertz CT molecular complexity index is 754. The highest BCUT2D eigenvalue weighted by Gasteiger charge is 2.59. The molecule has 2 aliphatic carbocycles. The van der Waals surface area contributed by atoms with Crippen molar-refractivity contribution in [2.75, 3.05) is 13.2 Å². The molecule has 1 aromatic carbocycles. The van der Waals surface area contributed by atoms with Gasteiger partial charge in [0.05, 0.1) is 24.7 Å². The number of carbonyl (C=O) groups excluding carboxylic acids is 2. The summed E-state index contributed by atoms with van der Waals surface area (Å²) in [5, 5.41) is 0. The maximum absolute atomic E-state index is 13.4.